The lowest BCUT2D eigenvalue weighted by Crippen LogP contribution is -3.00. The molecule has 5 nitrogen and oxygen atoms in total. The van der Waals surface area contributed by atoms with Gasteiger partial charge in [0.05, 0.1) is 12.2 Å². The molecule has 0 aromatic carbocycles. The van der Waals surface area contributed by atoms with Crippen LogP contribution in [-0.2, 0) is 0 Å². The average Bonchev–Trinajstić information content (AvgIpc) is 2.29. The van der Waals surface area contributed by atoms with E-state index in [4.69, 9.17) is 5.73 Å². The van der Waals surface area contributed by atoms with Crippen LogP contribution in [0.25, 0.3) is 0 Å². The van der Waals surface area contributed by atoms with Gasteiger partial charge in [0.2, 0.25) is 0 Å². The van der Waals surface area contributed by atoms with Crippen LogP contribution in [-0.4, -0.2) is 78.5 Å². The van der Waals surface area contributed by atoms with E-state index in [1.165, 1.54) is 19.3 Å². The SMILES string of the molecule is CN(CC(O)CN)CC(O)CN1CCCCC1.[Cl-]. The van der Waals surface area contributed by atoms with E-state index in [1.807, 2.05) is 11.9 Å². The zero-order chi connectivity index (χ0) is 12.7. The number of aliphatic hydroxyl groups is 2. The van der Waals surface area contributed by atoms with Crippen molar-refractivity contribution in [2.24, 2.45) is 5.73 Å². The molecule has 110 valence electrons. The van der Waals surface area contributed by atoms with E-state index < -0.39 is 6.10 Å². The van der Waals surface area contributed by atoms with Crippen molar-refractivity contribution in [2.75, 3.05) is 46.3 Å². The summed E-state index contributed by atoms with van der Waals surface area (Å²) in [5.41, 5.74) is 5.35. The molecule has 6 heteroatoms. The highest BCUT2D eigenvalue weighted by Crippen LogP contribution is 2.09. The van der Waals surface area contributed by atoms with Crippen LogP contribution in [0.15, 0.2) is 0 Å². The van der Waals surface area contributed by atoms with E-state index >= 15 is 0 Å². The first kappa shape index (κ1) is 18.1. The zero-order valence-electron chi connectivity index (χ0n) is 11.3. The third-order valence-electron chi connectivity index (χ3n) is 3.23. The standard InChI is InChI=1S/C12H27N3O2.ClH/c1-14(8-11(16)7-13)9-12(17)10-15-5-3-2-4-6-15;/h11-12,16-17H,2-10,13H2,1H3;1H/p-1. The molecule has 0 saturated carbocycles. The molecule has 0 bridgehead atoms. The maximum absolute atomic E-state index is 9.96. The van der Waals surface area contributed by atoms with Crippen LogP contribution in [0.2, 0.25) is 0 Å². The Bertz CT molecular complexity index is 204. The van der Waals surface area contributed by atoms with Crippen LogP contribution >= 0.6 is 0 Å². The highest BCUT2D eigenvalue weighted by molar-refractivity contribution is 4.72. The highest BCUT2D eigenvalue weighted by atomic mass is 35.5. The summed E-state index contributed by atoms with van der Waals surface area (Å²) in [6.07, 6.45) is 2.96. The Hall–Kier alpha value is 0.0900. The summed E-state index contributed by atoms with van der Waals surface area (Å²) < 4.78 is 0. The van der Waals surface area contributed by atoms with Crippen LogP contribution < -0.4 is 18.1 Å². The second-order valence-electron chi connectivity index (χ2n) is 5.13. The van der Waals surface area contributed by atoms with Gasteiger partial charge in [-0.3, -0.25) is 0 Å². The summed E-state index contributed by atoms with van der Waals surface area (Å²) in [6, 6.07) is 0. The number of likely N-dealkylation sites (N-methyl/N-ethyl adjacent to an activating group) is 1. The second kappa shape index (κ2) is 9.95. The van der Waals surface area contributed by atoms with Crippen LogP contribution in [0.1, 0.15) is 19.3 Å². The van der Waals surface area contributed by atoms with Crippen LogP contribution in [0, 0.1) is 0 Å². The Morgan fingerprint density at radius 2 is 1.67 bits per heavy atom. The minimum Gasteiger partial charge on any atom is -1.00 e. The Balaban J connectivity index is 0.00000289. The smallest absolute Gasteiger partial charge is 0.0793 e. The summed E-state index contributed by atoms with van der Waals surface area (Å²) in [6.45, 7) is 4.33. The highest BCUT2D eigenvalue weighted by Gasteiger charge is 2.16. The minimum absolute atomic E-state index is 0. The number of hydrogen-bond acceptors (Lipinski definition) is 5. The fourth-order valence-electron chi connectivity index (χ4n) is 2.37. The van der Waals surface area contributed by atoms with Crippen molar-refractivity contribution >= 4 is 0 Å². The third kappa shape index (κ3) is 7.51. The number of rotatable bonds is 7. The van der Waals surface area contributed by atoms with Crippen LogP contribution in [0.5, 0.6) is 0 Å². The molecule has 1 heterocycles. The number of β-amino-alcohol motifs (C(OH)–C–C–N with tert-alkyl or cyclic N) is 1. The summed E-state index contributed by atoms with van der Waals surface area (Å²) in [5, 5.41) is 19.4. The fourth-order valence-corrected chi connectivity index (χ4v) is 2.37. The molecule has 1 aliphatic rings. The number of likely N-dealkylation sites (tertiary alicyclic amines) is 1. The van der Waals surface area contributed by atoms with Crippen molar-refractivity contribution in [3.8, 4) is 0 Å². The van der Waals surface area contributed by atoms with Crippen molar-refractivity contribution in [1.29, 1.82) is 0 Å². The summed E-state index contributed by atoms with van der Waals surface area (Å²) in [5.74, 6) is 0. The predicted molar refractivity (Wildman–Crippen MR) is 68.9 cm³/mol. The molecule has 1 aliphatic heterocycles. The minimum atomic E-state index is -0.498. The molecule has 0 spiro atoms. The first-order chi connectivity index (χ1) is 8.11. The monoisotopic (exact) mass is 280 g/mol. The molecule has 1 saturated heterocycles. The summed E-state index contributed by atoms with van der Waals surface area (Å²) >= 11 is 0. The van der Waals surface area contributed by atoms with Gasteiger partial charge in [-0.15, -0.1) is 0 Å². The van der Waals surface area contributed by atoms with Crippen molar-refractivity contribution in [3.05, 3.63) is 0 Å². The van der Waals surface area contributed by atoms with Crippen LogP contribution in [0.3, 0.4) is 0 Å². The molecule has 1 fully saturated rings. The Morgan fingerprint density at radius 3 is 2.22 bits per heavy atom. The molecule has 0 radical (unpaired) electrons. The quantitative estimate of drug-likeness (QED) is 0.445. The van der Waals surface area contributed by atoms with Gasteiger partial charge in [-0.05, 0) is 33.0 Å². The van der Waals surface area contributed by atoms with E-state index in [-0.39, 0.29) is 25.1 Å². The molecule has 0 amide bonds. The van der Waals surface area contributed by atoms with E-state index in [0.29, 0.717) is 13.1 Å². The molecule has 2 unspecified atom stereocenters. The molecule has 0 aromatic heterocycles. The van der Waals surface area contributed by atoms with Gasteiger partial charge in [0.1, 0.15) is 0 Å². The Kier molecular flexibility index (Phi) is 10.00. The van der Waals surface area contributed by atoms with Gasteiger partial charge in [-0.25, -0.2) is 0 Å². The maximum Gasteiger partial charge on any atom is 0.0793 e. The second-order valence-corrected chi connectivity index (χ2v) is 5.13. The van der Waals surface area contributed by atoms with Crippen molar-refractivity contribution in [2.45, 2.75) is 31.5 Å². The maximum atomic E-state index is 9.96. The normalized spacial score (nSPS) is 20.5. The van der Waals surface area contributed by atoms with Crippen LogP contribution in [0.4, 0.5) is 0 Å². The third-order valence-corrected chi connectivity index (χ3v) is 3.23. The van der Waals surface area contributed by atoms with E-state index in [2.05, 4.69) is 4.90 Å². The molecule has 2 atom stereocenters. The van der Waals surface area contributed by atoms with Gasteiger partial charge in [0.15, 0.2) is 0 Å². The predicted octanol–water partition coefficient (Wildman–Crippen LogP) is -3.91. The van der Waals surface area contributed by atoms with Crippen molar-refractivity contribution in [3.63, 3.8) is 0 Å². The molecule has 0 aromatic rings. The lowest BCUT2D eigenvalue weighted by Gasteiger charge is -2.30. The fraction of sp³-hybridized carbons (Fsp3) is 1.00. The molecular formula is C12H27ClN3O2-. The van der Waals surface area contributed by atoms with E-state index in [9.17, 15) is 10.2 Å². The molecular weight excluding hydrogens is 254 g/mol. The first-order valence-electron chi connectivity index (χ1n) is 6.59. The van der Waals surface area contributed by atoms with E-state index in [0.717, 1.165) is 19.6 Å². The van der Waals surface area contributed by atoms with Crippen molar-refractivity contribution in [1.82, 2.24) is 9.80 Å². The summed E-state index contributed by atoms with van der Waals surface area (Å²) in [4.78, 5) is 4.26. The lowest BCUT2D eigenvalue weighted by molar-refractivity contribution is -0.0000116. The number of halogens is 1. The molecule has 1 rings (SSSR count). The Morgan fingerprint density at radius 1 is 1.11 bits per heavy atom. The molecule has 0 aliphatic carbocycles. The van der Waals surface area contributed by atoms with Gasteiger partial charge >= 0.3 is 0 Å². The average molecular weight is 281 g/mol. The number of nitrogens with zero attached hydrogens (tertiary/aromatic N) is 2. The number of piperidine rings is 1. The summed E-state index contributed by atoms with van der Waals surface area (Å²) in [7, 11) is 1.90. The molecule has 18 heavy (non-hydrogen) atoms. The number of hydrogen-bond donors (Lipinski definition) is 3. The number of aliphatic hydroxyl groups excluding tert-OH is 2. The van der Waals surface area contributed by atoms with Gasteiger partial charge in [-0.1, -0.05) is 6.42 Å². The van der Waals surface area contributed by atoms with Gasteiger partial charge in [0.25, 0.3) is 0 Å². The van der Waals surface area contributed by atoms with E-state index in [1.54, 1.807) is 0 Å². The zero-order valence-corrected chi connectivity index (χ0v) is 12.0. The van der Waals surface area contributed by atoms with Crippen molar-refractivity contribution < 1.29 is 22.6 Å². The van der Waals surface area contributed by atoms with Gasteiger partial charge in [-0.2, -0.15) is 0 Å². The van der Waals surface area contributed by atoms with Gasteiger partial charge < -0.3 is 38.2 Å². The first-order valence-corrected chi connectivity index (χ1v) is 6.59. The number of nitrogens with two attached hydrogens (primary N) is 1. The largest absolute Gasteiger partial charge is 1.00 e. The lowest BCUT2D eigenvalue weighted by atomic mass is 10.1. The molecule has 4 N–H and O–H groups in total. The Labute approximate surface area is 116 Å². The van der Waals surface area contributed by atoms with Gasteiger partial charge in [0, 0.05) is 26.2 Å². The topological polar surface area (TPSA) is 73.0 Å².